The van der Waals surface area contributed by atoms with Crippen LogP contribution < -0.4 is 0 Å². The summed E-state index contributed by atoms with van der Waals surface area (Å²) in [4.78, 5) is 21.0. The van der Waals surface area contributed by atoms with E-state index >= 15 is 0 Å². The van der Waals surface area contributed by atoms with E-state index in [0.717, 1.165) is 59.6 Å². The Hall–Kier alpha value is -1.91. The molecule has 0 N–H and O–H groups in total. The van der Waals surface area contributed by atoms with Crippen LogP contribution >= 0.6 is 0 Å². The number of carbonyl (C=O) groups is 1. The van der Waals surface area contributed by atoms with Gasteiger partial charge in [0, 0.05) is 30.7 Å². The van der Waals surface area contributed by atoms with Crippen molar-refractivity contribution in [2.24, 2.45) is 13.0 Å². The molecule has 0 atom stereocenters. The minimum Gasteiger partial charge on any atom is -0.333 e. The number of aromatic nitrogens is 3. The molecule has 27 heavy (non-hydrogen) atoms. The number of aryl methyl sites for hydroxylation is 2. The van der Waals surface area contributed by atoms with Crippen LogP contribution in [-0.2, 0) is 7.05 Å². The van der Waals surface area contributed by atoms with Gasteiger partial charge in [-0.05, 0) is 70.3 Å². The van der Waals surface area contributed by atoms with Gasteiger partial charge in [-0.1, -0.05) is 6.92 Å². The highest BCUT2D eigenvalue weighted by Gasteiger charge is 2.40. The van der Waals surface area contributed by atoms with E-state index in [4.69, 9.17) is 4.98 Å². The van der Waals surface area contributed by atoms with Crippen LogP contribution in [0.1, 0.15) is 86.0 Å². The van der Waals surface area contributed by atoms with E-state index < -0.39 is 0 Å². The quantitative estimate of drug-likeness (QED) is 0.809. The Kier molecular flexibility index (Phi) is 4.03. The zero-order chi connectivity index (χ0) is 18.7. The van der Waals surface area contributed by atoms with Crippen LogP contribution in [0.4, 0.5) is 0 Å². The molecule has 0 aliphatic heterocycles. The molecule has 1 amide bonds. The van der Waals surface area contributed by atoms with Gasteiger partial charge in [-0.25, -0.2) is 4.98 Å². The lowest BCUT2D eigenvalue weighted by Gasteiger charge is -2.36. The summed E-state index contributed by atoms with van der Waals surface area (Å²) in [5.74, 6) is 1.55. The molecule has 2 aromatic heterocycles. The predicted octanol–water partition coefficient (Wildman–Crippen LogP) is 4.34. The number of nitrogens with zero attached hydrogens (tertiary/aromatic N) is 4. The molecule has 0 saturated heterocycles. The third-order valence-electron chi connectivity index (χ3n) is 6.77. The van der Waals surface area contributed by atoms with Crippen molar-refractivity contribution < 1.29 is 4.79 Å². The highest BCUT2D eigenvalue weighted by molar-refractivity contribution is 6.07. The molecule has 5 rings (SSSR count). The molecule has 5 nitrogen and oxygen atoms in total. The Morgan fingerprint density at radius 3 is 2.30 bits per heavy atom. The predicted molar refractivity (Wildman–Crippen MR) is 106 cm³/mol. The van der Waals surface area contributed by atoms with Crippen LogP contribution in [0.15, 0.2) is 6.07 Å². The Morgan fingerprint density at radius 2 is 1.70 bits per heavy atom. The summed E-state index contributed by atoms with van der Waals surface area (Å²) in [6, 6.07) is 2.95. The van der Waals surface area contributed by atoms with E-state index in [2.05, 4.69) is 23.0 Å². The largest absolute Gasteiger partial charge is 0.333 e. The van der Waals surface area contributed by atoms with Gasteiger partial charge in [-0.3, -0.25) is 9.48 Å². The van der Waals surface area contributed by atoms with E-state index in [-0.39, 0.29) is 5.91 Å². The first-order valence-electron chi connectivity index (χ1n) is 10.7. The number of fused-ring (bicyclic) bond motifs is 1. The lowest BCUT2D eigenvalue weighted by molar-refractivity contribution is 0.0595. The van der Waals surface area contributed by atoms with Crippen LogP contribution in [0, 0.1) is 12.8 Å². The van der Waals surface area contributed by atoms with Gasteiger partial charge in [0.1, 0.15) is 0 Å². The maximum atomic E-state index is 13.8. The number of amides is 1. The molecule has 0 aromatic carbocycles. The maximum Gasteiger partial charge on any atom is 0.255 e. The highest BCUT2D eigenvalue weighted by atomic mass is 16.2. The average molecular weight is 367 g/mol. The molecule has 0 spiro atoms. The fourth-order valence-electron chi connectivity index (χ4n) is 4.86. The molecule has 0 bridgehead atoms. The van der Waals surface area contributed by atoms with Gasteiger partial charge in [-0.15, -0.1) is 0 Å². The fourth-order valence-corrected chi connectivity index (χ4v) is 4.86. The summed E-state index contributed by atoms with van der Waals surface area (Å²) >= 11 is 0. The molecule has 3 saturated carbocycles. The van der Waals surface area contributed by atoms with Gasteiger partial charge in [0.05, 0.1) is 16.6 Å². The molecule has 0 radical (unpaired) electrons. The summed E-state index contributed by atoms with van der Waals surface area (Å²) in [6.45, 7) is 4.34. The van der Waals surface area contributed by atoms with Crippen molar-refractivity contribution in [3.8, 4) is 0 Å². The van der Waals surface area contributed by atoms with Crippen LogP contribution in [0.5, 0.6) is 0 Å². The zero-order valence-corrected chi connectivity index (χ0v) is 16.7. The first-order valence-corrected chi connectivity index (χ1v) is 10.7. The number of pyridine rings is 1. The van der Waals surface area contributed by atoms with Crippen molar-refractivity contribution in [1.82, 2.24) is 19.7 Å². The number of hydrogen-bond acceptors (Lipinski definition) is 3. The Balaban J connectivity index is 1.57. The summed E-state index contributed by atoms with van der Waals surface area (Å²) in [5.41, 5.74) is 3.71. The minimum atomic E-state index is 0.224. The Bertz CT molecular complexity index is 885. The standard InChI is InChI=1S/C22H30N4O/c1-13-4-8-16(9-5-13)26(17-10-11-17)22(27)18-12-19(15-6-7-15)23-21-20(18)14(2)24-25(21)3/h12-13,15-17H,4-11H2,1-3H3. The lowest BCUT2D eigenvalue weighted by atomic mass is 9.86. The summed E-state index contributed by atoms with van der Waals surface area (Å²) in [5, 5.41) is 5.54. The van der Waals surface area contributed by atoms with E-state index in [0.29, 0.717) is 18.0 Å². The van der Waals surface area contributed by atoms with E-state index in [9.17, 15) is 4.79 Å². The van der Waals surface area contributed by atoms with Gasteiger partial charge >= 0.3 is 0 Å². The van der Waals surface area contributed by atoms with Crippen molar-refractivity contribution in [2.45, 2.75) is 83.2 Å². The molecular formula is C22H30N4O. The molecular weight excluding hydrogens is 336 g/mol. The number of carbonyl (C=O) groups excluding carboxylic acids is 1. The van der Waals surface area contributed by atoms with Crippen molar-refractivity contribution in [1.29, 1.82) is 0 Å². The smallest absolute Gasteiger partial charge is 0.255 e. The molecule has 3 fully saturated rings. The van der Waals surface area contributed by atoms with Crippen LogP contribution in [-0.4, -0.2) is 37.7 Å². The third-order valence-corrected chi connectivity index (χ3v) is 6.77. The molecule has 0 unspecified atom stereocenters. The van der Waals surface area contributed by atoms with Crippen molar-refractivity contribution >= 4 is 16.9 Å². The minimum absolute atomic E-state index is 0.224. The van der Waals surface area contributed by atoms with Gasteiger partial charge in [0.2, 0.25) is 0 Å². The van der Waals surface area contributed by atoms with Crippen molar-refractivity contribution in [3.05, 3.63) is 23.0 Å². The van der Waals surface area contributed by atoms with Gasteiger partial charge in [-0.2, -0.15) is 5.10 Å². The number of hydrogen-bond donors (Lipinski definition) is 0. The monoisotopic (exact) mass is 366 g/mol. The molecule has 144 valence electrons. The van der Waals surface area contributed by atoms with E-state index in [1.54, 1.807) is 0 Å². The van der Waals surface area contributed by atoms with Crippen LogP contribution in [0.25, 0.3) is 11.0 Å². The molecule has 2 aromatic rings. The van der Waals surface area contributed by atoms with Crippen molar-refractivity contribution in [3.63, 3.8) is 0 Å². The maximum absolute atomic E-state index is 13.8. The lowest BCUT2D eigenvalue weighted by Crippen LogP contribution is -2.43. The summed E-state index contributed by atoms with van der Waals surface area (Å²) < 4.78 is 1.84. The fraction of sp³-hybridized carbons (Fsp3) is 0.682. The Morgan fingerprint density at radius 1 is 1.07 bits per heavy atom. The molecule has 2 heterocycles. The first-order chi connectivity index (χ1) is 13.0. The van der Waals surface area contributed by atoms with Crippen LogP contribution in [0.2, 0.25) is 0 Å². The molecule has 3 aliphatic carbocycles. The molecule has 5 heteroatoms. The highest BCUT2D eigenvalue weighted by Crippen LogP contribution is 2.42. The first kappa shape index (κ1) is 17.2. The molecule has 3 aliphatic rings. The van der Waals surface area contributed by atoms with Gasteiger partial charge in [0.25, 0.3) is 5.91 Å². The van der Waals surface area contributed by atoms with Crippen molar-refractivity contribution in [2.75, 3.05) is 0 Å². The van der Waals surface area contributed by atoms with Gasteiger partial charge in [0.15, 0.2) is 5.65 Å². The zero-order valence-electron chi connectivity index (χ0n) is 16.7. The normalized spacial score (nSPS) is 25.7. The second-order valence-corrected chi connectivity index (χ2v) is 9.13. The van der Waals surface area contributed by atoms with Crippen LogP contribution in [0.3, 0.4) is 0 Å². The SMILES string of the molecule is Cc1nn(C)c2nc(C3CC3)cc(C(=O)N(C3CCC(C)CC3)C3CC3)c12. The van der Waals surface area contributed by atoms with E-state index in [1.165, 1.54) is 25.7 Å². The number of rotatable bonds is 4. The average Bonchev–Trinajstić information content (AvgIpc) is 3.55. The van der Waals surface area contributed by atoms with E-state index in [1.807, 2.05) is 18.7 Å². The Labute approximate surface area is 161 Å². The topological polar surface area (TPSA) is 51.0 Å². The summed E-state index contributed by atoms with van der Waals surface area (Å²) in [7, 11) is 1.94. The third kappa shape index (κ3) is 3.05. The second-order valence-electron chi connectivity index (χ2n) is 9.13. The summed E-state index contributed by atoms with van der Waals surface area (Å²) in [6.07, 6.45) is 9.49. The second kappa shape index (κ2) is 6.32. The van der Waals surface area contributed by atoms with Gasteiger partial charge < -0.3 is 4.90 Å².